The smallest absolute Gasteiger partial charge is 0.260 e. The summed E-state index contributed by atoms with van der Waals surface area (Å²) in [6, 6.07) is 18.3. The maximum Gasteiger partial charge on any atom is 0.260 e. The molecule has 0 aliphatic heterocycles. The second-order valence-electron chi connectivity index (χ2n) is 8.07. The molecule has 0 unspecified atom stereocenters. The lowest BCUT2D eigenvalue weighted by Crippen LogP contribution is -2.33. The number of halogens is 1. The molecule has 162 valence electrons. The van der Waals surface area contributed by atoms with Crippen molar-refractivity contribution >= 4 is 55.8 Å². The van der Waals surface area contributed by atoms with E-state index in [0.717, 1.165) is 44.6 Å². The Kier molecular flexibility index (Phi) is 7.31. The van der Waals surface area contributed by atoms with Crippen molar-refractivity contribution in [1.29, 1.82) is 0 Å². The van der Waals surface area contributed by atoms with Crippen LogP contribution in [0.3, 0.4) is 0 Å². The van der Waals surface area contributed by atoms with Gasteiger partial charge in [-0.25, -0.2) is 4.98 Å². The highest BCUT2D eigenvalue weighted by Crippen LogP contribution is 2.33. The van der Waals surface area contributed by atoms with E-state index in [9.17, 15) is 4.79 Å². The first kappa shape index (κ1) is 23.2. The summed E-state index contributed by atoms with van der Waals surface area (Å²) < 4.78 is 1.15. The van der Waals surface area contributed by atoms with Crippen LogP contribution >= 0.6 is 23.7 Å². The number of fused-ring (bicyclic) bond motifs is 2. The molecule has 4 aromatic rings. The van der Waals surface area contributed by atoms with Crippen LogP contribution in [0.1, 0.15) is 27.9 Å². The molecule has 0 saturated heterocycles. The molecule has 0 N–H and O–H groups in total. The summed E-state index contributed by atoms with van der Waals surface area (Å²) >= 11 is 1.61. The molecule has 0 spiro atoms. The number of hydrogen-bond acceptors (Lipinski definition) is 4. The Morgan fingerprint density at radius 1 is 1.00 bits per heavy atom. The number of carbonyl (C=O) groups excluding carboxylic acids is 1. The number of amides is 1. The van der Waals surface area contributed by atoms with E-state index in [-0.39, 0.29) is 18.3 Å². The van der Waals surface area contributed by atoms with E-state index in [4.69, 9.17) is 4.98 Å². The van der Waals surface area contributed by atoms with Gasteiger partial charge in [0.1, 0.15) is 0 Å². The van der Waals surface area contributed by atoms with Crippen molar-refractivity contribution in [1.82, 2.24) is 9.88 Å². The third-order valence-corrected chi connectivity index (χ3v) is 6.52. The van der Waals surface area contributed by atoms with Gasteiger partial charge in [0, 0.05) is 12.1 Å². The van der Waals surface area contributed by atoms with Gasteiger partial charge in [0.05, 0.1) is 10.2 Å². The summed E-state index contributed by atoms with van der Waals surface area (Å²) in [6.45, 7) is 5.75. The number of hydrogen-bond donors (Lipinski definition) is 0. The van der Waals surface area contributed by atoms with Gasteiger partial charge in [-0.15, -0.1) is 12.4 Å². The maximum absolute atomic E-state index is 13.7. The second-order valence-corrected chi connectivity index (χ2v) is 9.04. The number of carbonyl (C=O) groups is 1. The van der Waals surface area contributed by atoms with Crippen LogP contribution in [0.15, 0.2) is 54.6 Å². The molecule has 4 rings (SSSR count). The number of aryl methyl sites for hydroxylation is 2. The first-order chi connectivity index (χ1) is 14.4. The third kappa shape index (κ3) is 4.90. The van der Waals surface area contributed by atoms with Gasteiger partial charge in [-0.3, -0.25) is 9.69 Å². The van der Waals surface area contributed by atoms with Crippen LogP contribution in [0, 0.1) is 13.8 Å². The van der Waals surface area contributed by atoms with E-state index in [1.165, 1.54) is 11.1 Å². The van der Waals surface area contributed by atoms with Crippen LogP contribution in [0.2, 0.25) is 0 Å². The average Bonchev–Trinajstić information content (AvgIpc) is 3.14. The number of anilines is 1. The van der Waals surface area contributed by atoms with Crippen molar-refractivity contribution in [2.24, 2.45) is 0 Å². The summed E-state index contributed by atoms with van der Waals surface area (Å²) in [5.74, 6) is 0.0130. The minimum atomic E-state index is 0. The molecule has 3 aromatic carbocycles. The van der Waals surface area contributed by atoms with Gasteiger partial charge in [-0.05, 0) is 74.9 Å². The lowest BCUT2D eigenvalue weighted by molar-refractivity contribution is 0.0987. The Hall–Kier alpha value is -2.47. The lowest BCUT2D eigenvalue weighted by Gasteiger charge is -2.22. The van der Waals surface area contributed by atoms with Crippen molar-refractivity contribution in [3.8, 4) is 0 Å². The first-order valence-corrected chi connectivity index (χ1v) is 11.1. The largest absolute Gasteiger partial charge is 0.309 e. The van der Waals surface area contributed by atoms with Crippen LogP contribution < -0.4 is 4.90 Å². The summed E-state index contributed by atoms with van der Waals surface area (Å²) in [4.78, 5) is 22.6. The molecule has 31 heavy (non-hydrogen) atoms. The number of aromatic nitrogens is 1. The summed E-state index contributed by atoms with van der Waals surface area (Å²) in [5, 5.41) is 2.83. The molecular weight excluding hydrogens is 426 g/mol. The minimum Gasteiger partial charge on any atom is -0.309 e. The Morgan fingerprint density at radius 3 is 2.52 bits per heavy atom. The van der Waals surface area contributed by atoms with E-state index >= 15 is 0 Å². The molecular formula is C25H28ClN3OS. The molecule has 0 saturated carbocycles. The molecule has 0 aliphatic carbocycles. The van der Waals surface area contributed by atoms with Gasteiger partial charge in [0.15, 0.2) is 5.13 Å². The van der Waals surface area contributed by atoms with Crippen molar-refractivity contribution in [3.05, 3.63) is 71.3 Å². The Balaban J connectivity index is 0.00000272. The number of thiazole rings is 1. The summed E-state index contributed by atoms with van der Waals surface area (Å²) in [7, 11) is 4.11. The number of rotatable bonds is 6. The molecule has 6 heteroatoms. The first-order valence-electron chi connectivity index (χ1n) is 10.3. The molecule has 1 aromatic heterocycles. The molecule has 0 aliphatic rings. The molecule has 0 bridgehead atoms. The maximum atomic E-state index is 13.7. The van der Waals surface area contributed by atoms with Crippen LogP contribution in [0.4, 0.5) is 5.13 Å². The zero-order valence-electron chi connectivity index (χ0n) is 18.4. The fraction of sp³-hybridized carbons (Fsp3) is 0.280. The molecule has 1 heterocycles. The Bertz CT molecular complexity index is 1210. The van der Waals surface area contributed by atoms with E-state index in [1.54, 1.807) is 11.3 Å². The monoisotopic (exact) mass is 453 g/mol. The molecule has 0 radical (unpaired) electrons. The van der Waals surface area contributed by atoms with Crippen LogP contribution in [0.25, 0.3) is 21.0 Å². The fourth-order valence-corrected chi connectivity index (χ4v) is 4.91. The molecule has 0 fully saturated rings. The van der Waals surface area contributed by atoms with E-state index in [2.05, 4.69) is 45.0 Å². The Morgan fingerprint density at radius 2 is 1.74 bits per heavy atom. The molecule has 1 amide bonds. The normalized spacial score (nSPS) is 11.1. The van der Waals surface area contributed by atoms with Crippen LogP contribution in [-0.4, -0.2) is 43.0 Å². The van der Waals surface area contributed by atoms with Gasteiger partial charge in [0.2, 0.25) is 0 Å². The van der Waals surface area contributed by atoms with Crippen LogP contribution in [-0.2, 0) is 0 Å². The average molecular weight is 454 g/mol. The minimum absolute atomic E-state index is 0. The zero-order valence-corrected chi connectivity index (χ0v) is 20.0. The SMILES string of the molecule is Cc1cc(C)c2sc(N(CCCN(C)C)C(=O)c3cccc4ccccc34)nc2c1.Cl. The lowest BCUT2D eigenvalue weighted by atomic mass is 10.0. The highest BCUT2D eigenvalue weighted by molar-refractivity contribution is 7.22. The van der Waals surface area contributed by atoms with Crippen molar-refractivity contribution in [2.45, 2.75) is 20.3 Å². The fourth-order valence-electron chi connectivity index (χ4n) is 3.87. The predicted molar refractivity (Wildman–Crippen MR) is 135 cm³/mol. The predicted octanol–water partition coefficient (Wildman–Crippen LogP) is 6.09. The van der Waals surface area contributed by atoms with Gasteiger partial charge in [-0.2, -0.15) is 0 Å². The van der Waals surface area contributed by atoms with E-state index < -0.39 is 0 Å². The van der Waals surface area contributed by atoms with Crippen molar-refractivity contribution < 1.29 is 4.79 Å². The second kappa shape index (κ2) is 9.77. The third-order valence-electron chi connectivity index (χ3n) is 5.29. The Labute approximate surface area is 193 Å². The van der Waals surface area contributed by atoms with Gasteiger partial charge < -0.3 is 4.90 Å². The molecule has 4 nitrogen and oxygen atoms in total. The topological polar surface area (TPSA) is 36.4 Å². The van der Waals surface area contributed by atoms with Crippen molar-refractivity contribution in [2.75, 3.05) is 32.1 Å². The van der Waals surface area contributed by atoms with E-state index in [0.29, 0.717) is 6.54 Å². The van der Waals surface area contributed by atoms with Gasteiger partial charge >= 0.3 is 0 Å². The summed E-state index contributed by atoms with van der Waals surface area (Å²) in [5.41, 5.74) is 4.09. The number of benzene rings is 3. The van der Waals surface area contributed by atoms with Crippen molar-refractivity contribution in [3.63, 3.8) is 0 Å². The summed E-state index contributed by atoms with van der Waals surface area (Å²) in [6.07, 6.45) is 0.886. The van der Waals surface area contributed by atoms with E-state index in [1.807, 2.05) is 47.4 Å². The highest BCUT2D eigenvalue weighted by Gasteiger charge is 2.23. The van der Waals surface area contributed by atoms with Crippen LogP contribution in [0.5, 0.6) is 0 Å². The highest BCUT2D eigenvalue weighted by atomic mass is 35.5. The zero-order chi connectivity index (χ0) is 21.3. The van der Waals surface area contributed by atoms with Gasteiger partial charge in [0.25, 0.3) is 5.91 Å². The van der Waals surface area contributed by atoms with Gasteiger partial charge in [-0.1, -0.05) is 53.8 Å². The standard InChI is InChI=1S/C25H27N3OS.ClH/c1-17-15-18(2)23-22(16-17)26-25(30-23)28(14-8-13-27(3)4)24(29)21-12-7-10-19-9-5-6-11-20(19)21;/h5-7,9-12,15-16H,8,13-14H2,1-4H3;1H. The quantitative estimate of drug-likeness (QED) is 0.354. The molecule has 0 atom stereocenters. The number of nitrogens with zero attached hydrogens (tertiary/aromatic N) is 3.